The number of nitrogens with one attached hydrogen (secondary N) is 2. The minimum Gasteiger partial charge on any atom is -0.384 e. The molecule has 1 saturated heterocycles. The number of anilines is 2. The molecule has 3 aliphatic rings. The zero-order chi connectivity index (χ0) is 16.9. The van der Waals surface area contributed by atoms with E-state index in [1.54, 1.807) is 0 Å². The number of hydrogen-bond donors (Lipinski definition) is 2. The van der Waals surface area contributed by atoms with Gasteiger partial charge in [0.25, 0.3) is 5.56 Å². The first-order valence-electron chi connectivity index (χ1n) is 9.16. The van der Waals surface area contributed by atoms with Crippen molar-refractivity contribution in [2.75, 3.05) is 35.6 Å². The van der Waals surface area contributed by atoms with E-state index in [0.29, 0.717) is 0 Å². The number of aromatic nitrogens is 1. The van der Waals surface area contributed by atoms with Gasteiger partial charge in [-0.2, -0.15) is 11.8 Å². The van der Waals surface area contributed by atoms with Crippen molar-refractivity contribution in [2.45, 2.75) is 30.4 Å². The second-order valence-corrected chi connectivity index (χ2v) is 8.56. The molecule has 3 aliphatic heterocycles. The van der Waals surface area contributed by atoms with Gasteiger partial charge in [-0.15, -0.1) is 0 Å². The maximum atomic E-state index is 12.4. The number of piperidine rings is 1. The molecule has 4 heterocycles. The molecule has 0 aliphatic carbocycles. The summed E-state index contributed by atoms with van der Waals surface area (Å²) in [6, 6.07) is 11.0. The first-order valence-corrected chi connectivity index (χ1v) is 10.3. The standard InChI is InChI=1S/C20H23N3OS/c24-19-15-12-25-10-5-14(15)11-18(22-19)23-8-6-20(7-9-23)13-21-17-4-2-1-3-16(17)20/h1-4,11,21H,5-10,12-13H2,(H,22,24). The highest BCUT2D eigenvalue weighted by Gasteiger charge is 2.41. The van der Waals surface area contributed by atoms with Crippen LogP contribution in [0.1, 0.15) is 29.5 Å². The van der Waals surface area contributed by atoms with Crippen LogP contribution in [0.2, 0.25) is 0 Å². The quantitative estimate of drug-likeness (QED) is 0.827. The second kappa shape index (κ2) is 5.84. The Morgan fingerprint density at radius 1 is 1.16 bits per heavy atom. The Labute approximate surface area is 152 Å². The molecule has 0 radical (unpaired) electrons. The molecule has 130 valence electrons. The number of H-pyrrole nitrogens is 1. The Morgan fingerprint density at radius 2 is 2.00 bits per heavy atom. The van der Waals surface area contributed by atoms with E-state index in [-0.39, 0.29) is 11.0 Å². The van der Waals surface area contributed by atoms with E-state index in [1.165, 1.54) is 16.8 Å². The van der Waals surface area contributed by atoms with E-state index in [9.17, 15) is 4.79 Å². The van der Waals surface area contributed by atoms with E-state index in [2.05, 4.69) is 45.5 Å². The Bertz CT molecular complexity index is 867. The third-order valence-electron chi connectivity index (χ3n) is 6.15. The largest absolute Gasteiger partial charge is 0.384 e. The van der Waals surface area contributed by atoms with Gasteiger partial charge in [-0.1, -0.05) is 18.2 Å². The van der Waals surface area contributed by atoms with E-state index in [1.807, 2.05) is 11.8 Å². The average molecular weight is 353 g/mol. The van der Waals surface area contributed by atoms with E-state index >= 15 is 0 Å². The summed E-state index contributed by atoms with van der Waals surface area (Å²) in [5.74, 6) is 3.00. The van der Waals surface area contributed by atoms with Gasteiger partial charge in [0.05, 0.1) is 0 Å². The number of fused-ring (bicyclic) bond motifs is 3. The van der Waals surface area contributed by atoms with Crippen molar-refractivity contribution in [3.05, 3.63) is 57.4 Å². The molecule has 0 unspecified atom stereocenters. The van der Waals surface area contributed by atoms with E-state index in [4.69, 9.17) is 0 Å². The Balaban J connectivity index is 1.40. The van der Waals surface area contributed by atoms with Crippen molar-refractivity contribution in [3.63, 3.8) is 0 Å². The van der Waals surface area contributed by atoms with Crippen LogP contribution in [0.4, 0.5) is 11.5 Å². The number of rotatable bonds is 1. The average Bonchev–Trinajstić information content (AvgIpc) is 3.01. The summed E-state index contributed by atoms with van der Waals surface area (Å²) in [4.78, 5) is 18.0. The highest BCUT2D eigenvalue weighted by Crippen LogP contribution is 2.44. The lowest BCUT2D eigenvalue weighted by molar-refractivity contribution is 0.361. The van der Waals surface area contributed by atoms with Crippen LogP contribution in [0.15, 0.2) is 35.1 Å². The number of nitrogens with zero attached hydrogens (tertiary/aromatic N) is 1. The molecular weight excluding hydrogens is 330 g/mol. The molecule has 2 aromatic rings. The van der Waals surface area contributed by atoms with Crippen LogP contribution in [0.5, 0.6) is 0 Å². The molecule has 0 atom stereocenters. The van der Waals surface area contributed by atoms with Crippen molar-refractivity contribution in [1.82, 2.24) is 4.98 Å². The minimum atomic E-state index is 0.118. The van der Waals surface area contributed by atoms with Crippen LogP contribution in [0, 0.1) is 0 Å². The molecule has 1 fully saturated rings. The molecule has 0 bridgehead atoms. The molecule has 5 heteroatoms. The van der Waals surface area contributed by atoms with E-state index in [0.717, 1.165) is 61.8 Å². The highest BCUT2D eigenvalue weighted by molar-refractivity contribution is 7.98. The lowest BCUT2D eigenvalue weighted by Crippen LogP contribution is -2.44. The molecule has 0 saturated carbocycles. The Kier molecular flexibility index (Phi) is 3.59. The number of para-hydroxylation sites is 1. The number of aromatic amines is 1. The van der Waals surface area contributed by atoms with Crippen LogP contribution in [0.3, 0.4) is 0 Å². The summed E-state index contributed by atoms with van der Waals surface area (Å²) in [6.07, 6.45) is 3.28. The molecule has 4 nitrogen and oxygen atoms in total. The molecule has 0 amide bonds. The van der Waals surface area contributed by atoms with Crippen LogP contribution < -0.4 is 15.8 Å². The van der Waals surface area contributed by atoms with Gasteiger partial charge in [0.15, 0.2) is 0 Å². The SMILES string of the molecule is O=c1[nH]c(N2CCC3(CC2)CNc2ccccc23)cc2c1CSCC2. The molecule has 1 aromatic heterocycles. The van der Waals surface area contributed by atoms with Crippen molar-refractivity contribution < 1.29 is 0 Å². The van der Waals surface area contributed by atoms with Gasteiger partial charge in [-0.25, -0.2) is 0 Å². The van der Waals surface area contributed by atoms with Gasteiger partial charge < -0.3 is 15.2 Å². The predicted octanol–water partition coefficient (Wildman–Crippen LogP) is 3.13. The monoisotopic (exact) mass is 353 g/mol. The Morgan fingerprint density at radius 3 is 2.88 bits per heavy atom. The summed E-state index contributed by atoms with van der Waals surface area (Å²) in [5.41, 5.74) is 5.40. The maximum absolute atomic E-state index is 12.4. The highest BCUT2D eigenvalue weighted by atomic mass is 32.2. The smallest absolute Gasteiger partial charge is 0.253 e. The number of hydrogen-bond acceptors (Lipinski definition) is 4. The lowest BCUT2D eigenvalue weighted by atomic mass is 9.74. The van der Waals surface area contributed by atoms with Crippen LogP contribution in [0.25, 0.3) is 0 Å². The third-order valence-corrected chi connectivity index (χ3v) is 7.14. The molecule has 5 rings (SSSR count). The van der Waals surface area contributed by atoms with Gasteiger partial charge in [-0.05, 0) is 48.3 Å². The fourth-order valence-electron chi connectivity index (χ4n) is 4.61. The third kappa shape index (κ3) is 2.48. The van der Waals surface area contributed by atoms with Gasteiger partial charge in [-0.3, -0.25) is 4.79 Å². The summed E-state index contributed by atoms with van der Waals surface area (Å²) in [5, 5.41) is 3.59. The zero-order valence-electron chi connectivity index (χ0n) is 14.3. The summed E-state index contributed by atoms with van der Waals surface area (Å²) in [7, 11) is 0. The molecule has 1 spiro atoms. The zero-order valence-corrected chi connectivity index (χ0v) is 15.1. The Hall–Kier alpha value is -1.88. The normalized spacial score (nSPS) is 20.9. The van der Waals surface area contributed by atoms with Gasteiger partial charge in [0.2, 0.25) is 0 Å². The molecule has 2 N–H and O–H groups in total. The first-order chi connectivity index (χ1) is 12.3. The van der Waals surface area contributed by atoms with Gasteiger partial charge >= 0.3 is 0 Å². The van der Waals surface area contributed by atoms with Crippen LogP contribution in [-0.4, -0.2) is 30.4 Å². The van der Waals surface area contributed by atoms with Crippen molar-refractivity contribution in [2.24, 2.45) is 0 Å². The molecule has 25 heavy (non-hydrogen) atoms. The van der Waals surface area contributed by atoms with Crippen LogP contribution in [-0.2, 0) is 17.6 Å². The van der Waals surface area contributed by atoms with Crippen molar-refractivity contribution in [3.8, 4) is 0 Å². The maximum Gasteiger partial charge on any atom is 0.253 e. The van der Waals surface area contributed by atoms with Crippen LogP contribution >= 0.6 is 11.8 Å². The number of thioether (sulfide) groups is 1. The molecule has 1 aromatic carbocycles. The minimum absolute atomic E-state index is 0.118. The fourth-order valence-corrected chi connectivity index (χ4v) is 5.64. The number of aryl methyl sites for hydroxylation is 1. The molecular formula is C20H23N3OS. The summed E-state index contributed by atoms with van der Waals surface area (Å²) in [6.45, 7) is 3.04. The number of pyridine rings is 1. The van der Waals surface area contributed by atoms with E-state index < -0.39 is 0 Å². The topological polar surface area (TPSA) is 48.1 Å². The fraction of sp³-hybridized carbons (Fsp3) is 0.450. The summed E-state index contributed by atoms with van der Waals surface area (Å²) >= 11 is 1.86. The van der Waals surface area contributed by atoms with Gasteiger partial charge in [0.1, 0.15) is 5.82 Å². The predicted molar refractivity (Wildman–Crippen MR) is 105 cm³/mol. The van der Waals surface area contributed by atoms with Crippen molar-refractivity contribution in [1.29, 1.82) is 0 Å². The summed E-state index contributed by atoms with van der Waals surface area (Å²) < 4.78 is 0. The van der Waals surface area contributed by atoms with Gasteiger partial charge in [0, 0.05) is 42.1 Å². The number of benzene rings is 1. The van der Waals surface area contributed by atoms with Crippen molar-refractivity contribution >= 4 is 23.3 Å². The lowest BCUT2D eigenvalue weighted by Gasteiger charge is -2.40. The first kappa shape index (κ1) is 15.4. The second-order valence-electron chi connectivity index (χ2n) is 7.46.